The van der Waals surface area contributed by atoms with E-state index in [1.165, 1.54) is 18.2 Å². The third kappa shape index (κ3) is 3.91. The molecule has 1 aromatic heterocycles. The van der Waals surface area contributed by atoms with Gasteiger partial charge in [-0.3, -0.25) is 4.79 Å². The van der Waals surface area contributed by atoms with Crippen LogP contribution in [0.2, 0.25) is 0 Å². The Morgan fingerprint density at radius 3 is 2.62 bits per heavy atom. The van der Waals surface area contributed by atoms with Crippen molar-refractivity contribution in [3.63, 3.8) is 0 Å². The number of carbonyl (C=O) groups is 1. The summed E-state index contributed by atoms with van der Waals surface area (Å²) in [5.74, 6) is 0.255. The number of benzene rings is 1. The van der Waals surface area contributed by atoms with Gasteiger partial charge in [-0.25, -0.2) is 13.6 Å². The fourth-order valence-corrected chi connectivity index (χ4v) is 2.30. The second-order valence-corrected chi connectivity index (χ2v) is 5.91. The molecule has 112 valence electrons. The second kappa shape index (κ2) is 6.08. The number of hydrogen-bond donors (Lipinski definition) is 3. The van der Waals surface area contributed by atoms with Crippen molar-refractivity contribution in [1.29, 1.82) is 0 Å². The fraction of sp³-hybridized carbons (Fsp3) is 0.154. The smallest absolute Gasteiger partial charge is 0.287 e. The third-order valence-electron chi connectivity index (χ3n) is 2.77. The van der Waals surface area contributed by atoms with Gasteiger partial charge < -0.3 is 15.5 Å². The summed E-state index contributed by atoms with van der Waals surface area (Å²) >= 11 is 0. The van der Waals surface area contributed by atoms with Crippen LogP contribution in [0.15, 0.2) is 45.7 Å². The van der Waals surface area contributed by atoms with Crippen LogP contribution in [0.5, 0.6) is 0 Å². The maximum Gasteiger partial charge on any atom is 0.287 e. The van der Waals surface area contributed by atoms with Gasteiger partial charge in [0.1, 0.15) is 5.76 Å². The van der Waals surface area contributed by atoms with Gasteiger partial charge in [0, 0.05) is 6.54 Å². The van der Waals surface area contributed by atoms with E-state index >= 15 is 0 Å². The Morgan fingerprint density at radius 1 is 1.24 bits per heavy atom. The molecule has 8 heteroatoms. The Balaban J connectivity index is 2.04. The van der Waals surface area contributed by atoms with Gasteiger partial charge >= 0.3 is 0 Å². The van der Waals surface area contributed by atoms with Gasteiger partial charge in [-0.05, 0) is 29.8 Å². The molecule has 0 fully saturated rings. The molecule has 2 aromatic rings. The molecule has 1 heterocycles. The van der Waals surface area contributed by atoms with Crippen molar-refractivity contribution in [2.24, 2.45) is 10.9 Å². The first-order valence-corrected chi connectivity index (χ1v) is 7.63. The standard InChI is InChI=1S/C13H15N3O4S/c14-7-10-4-5-12(20-10)13(17)16-8-9-2-1-3-11(6-9)21(15,18)19/h1-6H,7-8,14H2,(H,16,17)(H2,15,18,19). The molecule has 0 unspecified atom stereocenters. The fourth-order valence-electron chi connectivity index (χ4n) is 1.71. The molecule has 0 saturated carbocycles. The average molecular weight is 309 g/mol. The van der Waals surface area contributed by atoms with Crippen LogP contribution in [0.1, 0.15) is 21.9 Å². The number of hydrogen-bond acceptors (Lipinski definition) is 5. The molecule has 2 rings (SSSR count). The van der Waals surface area contributed by atoms with Crippen LogP contribution in [0.3, 0.4) is 0 Å². The minimum Gasteiger partial charge on any atom is -0.455 e. The van der Waals surface area contributed by atoms with Crippen molar-refractivity contribution in [3.05, 3.63) is 53.5 Å². The molecule has 0 bridgehead atoms. The Kier molecular flexibility index (Phi) is 4.41. The number of amides is 1. The summed E-state index contributed by atoms with van der Waals surface area (Å²) in [4.78, 5) is 11.8. The highest BCUT2D eigenvalue weighted by Gasteiger charge is 2.11. The van der Waals surface area contributed by atoms with Crippen LogP contribution in [-0.2, 0) is 23.1 Å². The summed E-state index contributed by atoms with van der Waals surface area (Å²) in [5.41, 5.74) is 6.00. The number of nitrogens with two attached hydrogens (primary N) is 2. The van der Waals surface area contributed by atoms with E-state index in [-0.39, 0.29) is 23.7 Å². The van der Waals surface area contributed by atoms with E-state index in [4.69, 9.17) is 15.3 Å². The van der Waals surface area contributed by atoms with E-state index in [1.807, 2.05) is 0 Å². The van der Waals surface area contributed by atoms with Crippen LogP contribution in [-0.4, -0.2) is 14.3 Å². The van der Waals surface area contributed by atoms with Crippen LogP contribution in [0, 0.1) is 0 Å². The Morgan fingerprint density at radius 2 is 2.00 bits per heavy atom. The van der Waals surface area contributed by atoms with Gasteiger partial charge in [0.15, 0.2) is 5.76 Å². The molecule has 0 aliphatic rings. The highest BCUT2D eigenvalue weighted by Crippen LogP contribution is 2.11. The zero-order valence-corrected chi connectivity index (χ0v) is 11.9. The van der Waals surface area contributed by atoms with Gasteiger partial charge in [-0.2, -0.15) is 0 Å². The van der Waals surface area contributed by atoms with Crippen LogP contribution in [0.4, 0.5) is 0 Å². The molecule has 0 radical (unpaired) electrons. The molecule has 0 spiro atoms. The molecule has 1 amide bonds. The zero-order chi connectivity index (χ0) is 15.5. The first-order chi connectivity index (χ1) is 9.90. The van der Waals surface area contributed by atoms with Crippen molar-refractivity contribution in [3.8, 4) is 0 Å². The summed E-state index contributed by atoms with van der Waals surface area (Å²) < 4.78 is 27.7. The predicted molar refractivity (Wildman–Crippen MR) is 75.6 cm³/mol. The van der Waals surface area contributed by atoms with Crippen LogP contribution >= 0.6 is 0 Å². The maximum atomic E-state index is 11.8. The van der Waals surface area contributed by atoms with E-state index in [0.717, 1.165) is 0 Å². The Hall–Kier alpha value is -2.16. The number of carbonyl (C=O) groups excluding carboxylic acids is 1. The molecule has 5 N–H and O–H groups in total. The first kappa shape index (κ1) is 15.2. The summed E-state index contributed by atoms with van der Waals surface area (Å²) in [6.07, 6.45) is 0. The number of nitrogens with one attached hydrogen (secondary N) is 1. The van der Waals surface area contributed by atoms with E-state index in [0.29, 0.717) is 11.3 Å². The molecular formula is C13H15N3O4S. The van der Waals surface area contributed by atoms with Crippen molar-refractivity contribution in [2.75, 3.05) is 0 Å². The highest BCUT2D eigenvalue weighted by atomic mass is 32.2. The SMILES string of the molecule is NCc1ccc(C(=O)NCc2cccc(S(N)(=O)=O)c2)o1. The number of rotatable bonds is 5. The highest BCUT2D eigenvalue weighted by molar-refractivity contribution is 7.89. The summed E-state index contributed by atoms with van der Waals surface area (Å²) in [6, 6.07) is 9.18. The molecule has 0 aliphatic carbocycles. The topological polar surface area (TPSA) is 128 Å². The number of furan rings is 1. The molecule has 0 saturated heterocycles. The normalized spacial score (nSPS) is 11.3. The zero-order valence-electron chi connectivity index (χ0n) is 11.1. The lowest BCUT2D eigenvalue weighted by Crippen LogP contribution is -2.22. The summed E-state index contributed by atoms with van der Waals surface area (Å²) in [6.45, 7) is 0.366. The molecule has 0 atom stereocenters. The van der Waals surface area contributed by atoms with Crippen LogP contribution in [0.25, 0.3) is 0 Å². The van der Waals surface area contributed by atoms with Crippen molar-refractivity contribution < 1.29 is 17.6 Å². The van der Waals surface area contributed by atoms with E-state index < -0.39 is 15.9 Å². The third-order valence-corrected chi connectivity index (χ3v) is 3.68. The van der Waals surface area contributed by atoms with E-state index in [1.54, 1.807) is 18.2 Å². The number of sulfonamides is 1. The van der Waals surface area contributed by atoms with Crippen LogP contribution < -0.4 is 16.2 Å². The van der Waals surface area contributed by atoms with E-state index in [9.17, 15) is 13.2 Å². The number of primary sulfonamides is 1. The summed E-state index contributed by atoms with van der Waals surface area (Å²) in [5, 5.41) is 7.67. The maximum absolute atomic E-state index is 11.8. The monoisotopic (exact) mass is 309 g/mol. The van der Waals surface area contributed by atoms with Crippen molar-refractivity contribution >= 4 is 15.9 Å². The second-order valence-electron chi connectivity index (χ2n) is 4.35. The quantitative estimate of drug-likeness (QED) is 0.732. The van der Waals surface area contributed by atoms with Gasteiger partial charge in [-0.1, -0.05) is 12.1 Å². The van der Waals surface area contributed by atoms with E-state index in [2.05, 4.69) is 5.32 Å². The van der Waals surface area contributed by atoms with Gasteiger partial charge in [0.05, 0.1) is 11.4 Å². The van der Waals surface area contributed by atoms with Gasteiger partial charge in [-0.15, -0.1) is 0 Å². The largest absolute Gasteiger partial charge is 0.455 e. The predicted octanol–water partition coefficient (Wildman–Crippen LogP) is 0.316. The Labute approximate surface area is 122 Å². The molecule has 21 heavy (non-hydrogen) atoms. The first-order valence-electron chi connectivity index (χ1n) is 6.09. The lowest BCUT2D eigenvalue weighted by atomic mass is 10.2. The molecular weight excluding hydrogens is 294 g/mol. The summed E-state index contributed by atoms with van der Waals surface area (Å²) in [7, 11) is -3.76. The van der Waals surface area contributed by atoms with Crippen molar-refractivity contribution in [1.82, 2.24) is 5.32 Å². The van der Waals surface area contributed by atoms with Gasteiger partial charge in [0.2, 0.25) is 10.0 Å². The molecule has 1 aromatic carbocycles. The molecule has 0 aliphatic heterocycles. The Bertz CT molecular complexity index is 752. The van der Waals surface area contributed by atoms with Gasteiger partial charge in [0.25, 0.3) is 5.91 Å². The lowest BCUT2D eigenvalue weighted by Gasteiger charge is -2.05. The minimum atomic E-state index is -3.76. The minimum absolute atomic E-state index is 0.00216. The lowest BCUT2D eigenvalue weighted by molar-refractivity contribution is 0.0921. The van der Waals surface area contributed by atoms with Crippen molar-refractivity contribution in [2.45, 2.75) is 18.0 Å². The molecule has 7 nitrogen and oxygen atoms in total. The average Bonchev–Trinajstić information content (AvgIpc) is 2.93.